The zero-order valence-electron chi connectivity index (χ0n) is 11.4. The molecule has 120 valence electrons. The highest BCUT2D eigenvalue weighted by Crippen LogP contribution is 2.22. The van der Waals surface area contributed by atoms with Crippen LogP contribution in [-0.2, 0) is 9.59 Å². The molecule has 1 aromatic rings. The van der Waals surface area contributed by atoms with Gasteiger partial charge in [-0.15, -0.1) is 5.10 Å². The molecule has 0 aliphatic carbocycles. The van der Waals surface area contributed by atoms with E-state index < -0.39 is 34.5 Å². The zero-order valence-corrected chi connectivity index (χ0v) is 12.2. The monoisotopic (exact) mass is 339 g/mol. The van der Waals surface area contributed by atoms with E-state index in [2.05, 4.69) is 15.5 Å². The molecule has 0 aromatic heterocycles. The number of nitrogens with one attached hydrogen (secondary N) is 1. The van der Waals surface area contributed by atoms with Gasteiger partial charge in [0.05, 0.1) is 12.6 Å². The first-order valence-electron chi connectivity index (χ1n) is 6.20. The van der Waals surface area contributed by atoms with Crippen LogP contribution in [0.5, 0.6) is 0 Å². The second-order valence-corrected chi connectivity index (χ2v) is 5.54. The molecule has 0 bridgehead atoms. The van der Waals surface area contributed by atoms with Gasteiger partial charge in [0.2, 0.25) is 5.91 Å². The number of carboxylic acid groups (broad SMARTS) is 2. The Balaban J connectivity index is 2.14. The van der Waals surface area contributed by atoms with Crippen molar-refractivity contribution < 1.29 is 29.0 Å². The normalized spacial score (nSPS) is 19.3. The largest absolute Gasteiger partial charge is 0.481 e. The van der Waals surface area contributed by atoms with Crippen LogP contribution in [0.4, 0.5) is 4.39 Å². The first-order chi connectivity index (χ1) is 10.9. The lowest BCUT2D eigenvalue weighted by Gasteiger charge is -2.00. The van der Waals surface area contributed by atoms with Crippen LogP contribution in [0.25, 0.3) is 0 Å². The zero-order chi connectivity index (χ0) is 17.0. The summed E-state index contributed by atoms with van der Waals surface area (Å²) >= 11 is 0.900. The average molecular weight is 339 g/mol. The first-order valence-corrected chi connectivity index (χ1v) is 7.08. The number of nitrogens with zero attached hydrogens (tertiary/aromatic N) is 2. The van der Waals surface area contributed by atoms with E-state index in [0.717, 1.165) is 24.0 Å². The Hall–Kier alpha value is -2.75. The van der Waals surface area contributed by atoms with Crippen LogP contribution >= 0.6 is 11.8 Å². The molecular formula is C13H10FN3O5S. The van der Waals surface area contributed by atoms with Crippen molar-refractivity contribution in [1.29, 1.82) is 0 Å². The fourth-order valence-corrected chi connectivity index (χ4v) is 2.68. The van der Waals surface area contributed by atoms with Gasteiger partial charge in [0, 0.05) is 5.56 Å². The highest BCUT2D eigenvalue weighted by atomic mass is 32.2. The molecule has 1 amide bonds. The van der Waals surface area contributed by atoms with Crippen molar-refractivity contribution in [2.75, 3.05) is 0 Å². The third-order valence-electron chi connectivity index (χ3n) is 2.74. The molecule has 1 aromatic carbocycles. The van der Waals surface area contributed by atoms with Crippen LogP contribution < -0.4 is 5.32 Å². The molecule has 1 unspecified atom stereocenters. The van der Waals surface area contributed by atoms with Crippen molar-refractivity contribution in [2.45, 2.75) is 11.7 Å². The SMILES string of the molecule is O=C(O)CC1SC(=NN=Cc2cccc(F)c2C(=O)O)NC1=O. The molecule has 1 fully saturated rings. The number of amides is 1. The van der Waals surface area contributed by atoms with E-state index in [4.69, 9.17) is 10.2 Å². The molecule has 3 N–H and O–H groups in total. The number of amidine groups is 1. The Labute approximate surface area is 133 Å². The maximum absolute atomic E-state index is 13.5. The van der Waals surface area contributed by atoms with Gasteiger partial charge in [-0.2, -0.15) is 5.10 Å². The third kappa shape index (κ3) is 4.13. The van der Waals surface area contributed by atoms with Crippen molar-refractivity contribution in [2.24, 2.45) is 10.2 Å². The van der Waals surface area contributed by atoms with Gasteiger partial charge in [-0.3, -0.25) is 9.59 Å². The van der Waals surface area contributed by atoms with E-state index in [0.29, 0.717) is 0 Å². The lowest BCUT2D eigenvalue weighted by Crippen LogP contribution is -2.26. The van der Waals surface area contributed by atoms with Crippen LogP contribution in [0.1, 0.15) is 22.3 Å². The maximum Gasteiger partial charge on any atom is 0.339 e. The molecule has 8 nitrogen and oxygen atoms in total. The fraction of sp³-hybridized carbons (Fsp3) is 0.154. The summed E-state index contributed by atoms with van der Waals surface area (Å²) in [5.74, 6) is -3.96. The number of aliphatic carboxylic acids is 1. The predicted molar refractivity (Wildman–Crippen MR) is 80.2 cm³/mol. The Kier molecular flexibility index (Phi) is 5.06. The number of thioether (sulfide) groups is 1. The maximum atomic E-state index is 13.5. The summed E-state index contributed by atoms with van der Waals surface area (Å²) in [6.45, 7) is 0. The van der Waals surface area contributed by atoms with E-state index >= 15 is 0 Å². The van der Waals surface area contributed by atoms with Gasteiger partial charge in [0.15, 0.2) is 5.17 Å². The lowest BCUT2D eigenvalue weighted by molar-refractivity contribution is -0.138. The predicted octanol–water partition coefficient (Wildman–Crippen LogP) is 0.920. The van der Waals surface area contributed by atoms with Gasteiger partial charge >= 0.3 is 11.9 Å². The van der Waals surface area contributed by atoms with Crippen LogP contribution in [0.3, 0.4) is 0 Å². The minimum absolute atomic E-state index is 0.0123. The summed E-state index contributed by atoms with van der Waals surface area (Å²) in [6, 6.07) is 3.69. The van der Waals surface area contributed by atoms with Crippen LogP contribution in [0.2, 0.25) is 0 Å². The summed E-state index contributed by atoms with van der Waals surface area (Å²) in [6.07, 6.45) is 0.684. The molecular weight excluding hydrogens is 329 g/mol. The molecule has 23 heavy (non-hydrogen) atoms. The van der Waals surface area contributed by atoms with Crippen LogP contribution in [-0.4, -0.2) is 44.7 Å². The van der Waals surface area contributed by atoms with Crippen LogP contribution in [0, 0.1) is 5.82 Å². The number of hydrogen-bond acceptors (Lipinski definition) is 6. The van der Waals surface area contributed by atoms with E-state index in [1.165, 1.54) is 12.1 Å². The smallest absolute Gasteiger partial charge is 0.339 e. The first kappa shape index (κ1) is 16.6. The highest BCUT2D eigenvalue weighted by Gasteiger charge is 2.32. The number of carbonyl (C=O) groups excluding carboxylic acids is 1. The number of carboxylic acids is 2. The summed E-state index contributed by atoms with van der Waals surface area (Å²) in [5, 5.41) is 26.5. The van der Waals surface area contributed by atoms with Gasteiger partial charge in [-0.1, -0.05) is 23.9 Å². The van der Waals surface area contributed by atoms with E-state index in [-0.39, 0.29) is 17.2 Å². The van der Waals surface area contributed by atoms with Crippen LogP contribution in [0.15, 0.2) is 28.4 Å². The summed E-state index contributed by atoms with van der Waals surface area (Å²) < 4.78 is 13.5. The summed E-state index contributed by atoms with van der Waals surface area (Å²) in [5.41, 5.74) is -0.526. The molecule has 0 radical (unpaired) electrons. The van der Waals surface area contributed by atoms with Crippen molar-refractivity contribution in [1.82, 2.24) is 5.32 Å². The van der Waals surface area contributed by atoms with Crippen molar-refractivity contribution in [3.8, 4) is 0 Å². The second kappa shape index (κ2) is 7.01. The minimum Gasteiger partial charge on any atom is -0.481 e. The van der Waals surface area contributed by atoms with Crippen molar-refractivity contribution >= 4 is 41.0 Å². The Morgan fingerprint density at radius 1 is 1.39 bits per heavy atom. The number of halogens is 1. The van der Waals surface area contributed by atoms with Gasteiger partial charge in [-0.25, -0.2) is 9.18 Å². The van der Waals surface area contributed by atoms with Gasteiger partial charge in [-0.05, 0) is 6.07 Å². The summed E-state index contributed by atoms with van der Waals surface area (Å²) in [4.78, 5) is 33.1. The quantitative estimate of drug-likeness (QED) is 0.540. The number of benzene rings is 1. The summed E-state index contributed by atoms with van der Waals surface area (Å²) in [7, 11) is 0. The second-order valence-electron chi connectivity index (χ2n) is 4.35. The van der Waals surface area contributed by atoms with E-state index in [1.807, 2.05) is 0 Å². The topological polar surface area (TPSA) is 128 Å². The number of carbonyl (C=O) groups is 3. The molecule has 1 aliphatic rings. The van der Waals surface area contributed by atoms with E-state index in [9.17, 15) is 18.8 Å². The van der Waals surface area contributed by atoms with Gasteiger partial charge in [0.1, 0.15) is 16.6 Å². The number of aromatic carboxylic acids is 1. The Bertz CT molecular complexity index is 734. The number of hydrogen-bond donors (Lipinski definition) is 3. The third-order valence-corrected chi connectivity index (χ3v) is 3.81. The fourth-order valence-electron chi connectivity index (χ4n) is 1.76. The molecule has 0 saturated carbocycles. The minimum atomic E-state index is -1.44. The Morgan fingerprint density at radius 2 is 2.13 bits per heavy atom. The van der Waals surface area contributed by atoms with Crippen molar-refractivity contribution in [3.05, 3.63) is 35.1 Å². The standard InChI is InChI=1S/C13H10FN3O5S/c14-7-3-1-2-6(10(7)12(21)22)5-15-17-13-16-11(20)8(23-13)4-9(18)19/h1-3,5,8H,4H2,(H,18,19)(H,21,22)(H,16,17,20). The molecule has 1 aliphatic heterocycles. The molecule has 2 rings (SSSR count). The number of rotatable bonds is 5. The van der Waals surface area contributed by atoms with E-state index in [1.54, 1.807) is 0 Å². The average Bonchev–Trinajstić information content (AvgIpc) is 2.78. The molecule has 10 heteroatoms. The van der Waals surface area contributed by atoms with Crippen molar-refractivity contribution in [3.63, 3.8) is 0 Å². The molecule has 1 heterocycles. The Morgan fingerprint density at radius 3 is 2.78 bits per heavy atom. The lowest BCUT2D eigenvalue weighted by atomic mass is 10.1. The highest BCUT2D eigenvalue weighted by molar-refractivity contribution is 8.15. The van der Waals surface area contributed by atoms with Gasteiger partial charge in [0.25, 0.3) is 0 Å². The molecule has 1 atom stereocenters. The molecule has 0 spiro atoms. The molecule has 1 saturated heterocycles. The van der Waals surface area contributed by atoms with Gasteiger partial charge < -0.3 is 15.5 Å².